The van der Waals surface area contributed by atoms with Crippen LogP contribution < -0.4 is 10.6 Å². The van der Waals surface area contributed by atoms with E-state index in [1.165, 1.54) is 0 Å². The number of fused-ring (bicyclic) bond motifs is 1. The second-order valence-corrected chi connectivity index (χ2v) is 7.08. The number of halogens is 1. The van der Waals surface area contributed by atoms with Gasteiger partial charge < -0.3 is 20.1 Å². The third-order valence-electron chi connectivity index (χ3n) is 4.85. The lowest BCUT2D eigenvalue weighted by Gasteiger charge is -2.55. The molecule has 3 atom stereocenters. The second kappa shape index (κ2) is 7.00. The van der Waals surface area contributed by atoms with Crippen molar-refractivity contribution in [2.45, 2.75) is 51.9 Å². The van der Waals surface area contributed by atoms with E-state index in [-0.39, 0.29) is 35.0 Å². The first-order chi connectivity index (χ1) is 9.31. The van der Waals surface area contributed by atoms with Gasteiger partial charge in [-0.15, -0.1) is 24.0 Å². The third kappa shape index (κ3) is 3.82. The number of nitrogens with one attached hydrogen (secondary N) is 2. The smallest absolute Gasteiger partial charge is 0.191 e. The SMILES string of the molecule is CN=C(NCC(C)(C)OC)NC1C2CCOC2C1(C)C.I. The summed E-state index contributed by atoms with van der Waals surface area (Å²) in [4.78, 5) is 4.33. The van der Waals surface area contributed by atoms with Crippen molar-refractivity contribution in [3.05, 3.63) is 0 Å². The van der Waals surface area contributed by atoms with Crippen LogP contribution in [0.1, 0.15) is 34.1 Å². The zero-order valence-corrected chi connectivity index (χ0v) is 16.4. The Morgan fingerprint density at radius 2 is 2.10 bits per heavy atom. The van der Waals surface area contributed by atoms with E-state index < -0.39 is 0 Å². The molecule has 0 aromatic rings. The maximum Gasteiger partial charge on any atom is 0.191 e. The monoisotopic (exact) mass is 411 g/mol. The molecular weight excluding hydrogens is 381 g/mol. The summed E-state index contributed by atoms with van der Waals surface area (Å²) in [7, 11) is 3.54. The molecule has 6 heteroatoms. The van der Waals surface area contributed by atoms with Crippen molar-refractivity contribution < 1.29 is 9.47 Å². The summed E-state index contributed by atoms with van der Waals surface area (Å²) in [5, 5.41) is 6.92. The van der Waals surface area contributed by atoms with Gasteiger partial charge in [0.25, 0.3) is 0 Å². The van der Waals surface area contributed by atoms with E-state index in [2.05, 4.69) is 43.3 Å². The van der Waals surface area contributed by atoms with Crippen molar-refractivity contribution in [3.8, 4) is 0 Å². The molecule has 124 valence electrons. The molecule has 0 aromatic carbocycles. The summed E-state index contributed by atoms with van der Waals surface area (Å²) in [6, 6.07) is 0.423. The predicted octanol–water partition coefficient (Wildman–Crippen LogP) is 2.01. The molecule has 1 saturated carbocycles. The minimum Gasteiger partial charge on any atom is -0.377 e. The van der Waals surface area contributed by atoms with Crippen molar-refractivity contribution in [2.75, 3.05) is 27.3 Å². The van der Waals surface area contributed by atoms with Gasteiger partial charge in [0.1, 0.15) is 0 Å². The first-order valence-electron chi connectivity index (χ1n) is 7.46. The first kappa shape index (κ1) is 19.0. The number of hydrogen-bond acceptors (Lipinski definition) is 3. The average molecular weight is 411 g/mol. The molecule has 2 fully saturated rings. The zero-order chi connectivity index (χ0) is 15.0. The number of nitrogens with zero attached hydrogens (tertiary/aromatic N) is 1. The van der Waals surface area contributed by atoms with Gasteiger partial charge in [0.2, 0.25) is 0 Å². The Balaban J connectivity index is 0.00000220. The highest BCUT2D eigenvalue weighted by Gasteiger charge is 2.59. The number of aliphatic imine (C=N–C) groups is 1. The van der Waals surface area contributed by atoms with Gasteiger partial charge in [0.15, 0.2) is 5.96 Å². The summed E-state index contributed by atoms with van der Waals surface area (Å²) in [5.41, 5.74) is -0.0404. The van der Waals surface area contributed by atoms with Crippen LogP contribution in [0.2, 0.25) is 0 Å². The van der Waals surface area contributed by atoms with Gasteiger partial charge in [-0.1, -0.05) is 13.8 Å². The number of hydrogen-bond donors (Lipinski definition) is 2. The molecule has 1 aliphatic carbocycles. The molecule has 1 heterocycles. The van der Waals surface area contributed by atoms with Gasteiger partial charge in [0, 0.05) is 44.7 Å². The fraction of sp³-hybridized carbons (Fsp3) is 0.933. The van der Waals surface area contributed by atoms with Gasteiger partial charge in [-0.2, -0.15) is 0 Å². The molecule has 21 heavy (non-hydrogen) atoms. The minimum absolute atomic E-state index is 0. The van der Waals surface area contributed by atoms with E-state index in [1.807, 2.05) is 7.05 Å². The van der Waals surface area contributed by atoms with Crippen LogP contribution in [0.4, 0.5) is 0 Å². The largest absolute Gasteiger partial charge is 0.377 e. The van der Waals surface area contributed by atoms with E-state index in [9.17, 15) is 0 Å². The van der Waals surface area contributed by atoms with Crippen LogP contribution in [0, 0.1) is 11.3 Å². The molecule has 3 unspecified atom stereocenters. The predicted molar refractivity (Wildman–Crippen MR) is 96.4 cm³/mol. The van der Waals surface area contributed by atoms with Gasteiger partial charge in [-0.05, 0) is 20.3 Å². The lowest BCUT2D eigenvalue weighted by molar-refractivity contribution is -0.106. The fourth-order valence-corrected chi connectivity index (χ4v) is 3.33. The molecule has 5 nitrogen and oxygen atoms in total. The van der Waals surface area contributed by atoms with E-state index in [0.717, 1.165) is 25.5 Å². The highest BCUT2D eigenvalue weighted by atomic mass is 127. The highest BCUT2D eigenvalue weighted by molar-refractivity contribution is 14.0. The zero-order valence-electron chi connectivity index (χ0n) is 14.0. The van der Waals surface area contributed by atoms with Crippen molar-refractivity contribution in [1.82, 2.24) is 10.6 Å². The molecule has 0 radical (unpaired) electrons. The molecule has 0 aromatic heterocycles. The Morgan fingerprint density at radius 1 is 1.43 bits per heavy atom. The van der Waals surface area contributed by atoms with Crippen LogP contribution in [0.25, 0.3) is 0 Å². The van der Waals surface area contributed by atoms with Crippen LogP contribution in [-0.2, 0) is 9.47 Å². The van der Waals surface area contributed by atoms with Crippen molar-refractivity contribution in [1.29, 1.82) is 0 Å². The summed E-state index contributed by atoms with van der Waals surface area (Å²) in [6.45, 7) is 10.3. The Bertz CT molecular complexity index is 385. The molecule has 1 aliphatic heterocycles. The van der Waals surface area contributed by atoms with Gasteiger partial charge in [-0.25, -0.2) is 0 Å². The first-order valence-corrected chi connectivity index (χ1v) is 7.46. The van der Waals surface area contributed by atoms with Crippen LogP contribution in [0.15, 0.2) is 4.99 Å². The minimum atomic E-state index is -0.203. The summed E-state index contributed by atoms with van der Waals surface area (Å²) in [5.74, 6) is 1.46. The van der Waals surface area contributed by atoms with E-state index in [1.54, 1.807) is 7.11 Å². The molecule has 2 aliphatic rings. The lowest BCUT2D eigenvalue weighted by atomic mass is 9.57. The Hall–Kier alpha value is -0.0800. The third-order valence-corrected chi connectivity index (χ3v) is 4.85. The summed E-state index contributed by atoms with van der Waals surface area (Å²) >= 11 is 0. The quantitative estimate of drug-likeness (QED) is 0.422. The van der Waals surface area contributed by atoms with Gasteiger partial charge in [0.05, 0.1) is 11.7 Å². The van der Waals surface area contributed by atoms with Crippen molar-refractivity contribution >= 4 is 29.9 Å². The van der Waals surface area contributed by atoms with Gasteiger partial charge in [-0.3, -0.25) is 4.99 Å². The molecule has 2 N–H and O–H groups in total. The normalized spacial score (nSPS) is 31.0. The van der Waals surface area contributed by atoms with Crippen LogP contribution in [-0.4, -0.2) is 51.0 Å². The average Bonchev–Trinajstić information content (AvgIpc) is 2.85. The molecule has 0 bridgehead atoms. The highest BCUT2D eigenvalue weighted by Crippen LogP contribution is 2.52. The second-order valence-electron chi connectivity index (χ2n) is 7.08. The van der Waals surface area contributed by atoms with Crippen LogP contribution >= 0.6 is 24.0 Å². The van der Waals surface area contributed by atoms with E-state index >= 15 is 0 Å². The fourth-order valence-electron chi connectivity index (χ4n) is 3.33. The topological polar surface area (TPSA) is 54.9 Å². The maximum absolute atomic E-state index is 5.82. The summed E-state index contributed by atoms with van der Waals surface area (Å²) < 4.78 is 11.2. The standard InChI is InChI=1S/C15H29N3O2.HI/c1-14(2,19-6)9-17-13(16-5)18-11-10-7-8-20-12(10)15(11,3)4;/h10-12H,7-9H2,1-6H3,(H2,16,17,18);1H. The van der Waals surface area contributed by atoms with Crippen LogP contribution in [0.5, 0.6) is 0 Å². The van der Waals surface area contributed by atoms with E-state index in [4.69, 9.17) is 9.47 Å². The van der Waals surface area contributed by atoms with Crippen molar-refractivity contribution in [2.24, 2.45) is 16.3 Å². The molecule has 0 spiro atoms. The van der Waals surface area contributed by atoms with Crippen LogP contribution in [0.3, 0.4) is 0 Å². The Morgan fingerprint density at radius 3 is 2.67 bits per heavy atom. The Kier molecular flexibility index (Phi) is 6.32. The number of rotatable bonds is 4. The summed E-state index contributed by atoms with van der Waals surface area (Å²) in [6.07, 6.45) is 1.54. The number of guanidine groups is 1. The molecular formula is C15H30IN3O2. The van der Waals surface area contributed by atoms with Crippen molar-refractivity contribution in [3.63, 3.8) is 0 Å². The number of methoxy groups -OCH3 is 1. The van der Waals surface area contributed by atoms with Gasteiger partial charge >= 0.3 is 0 Å². The molecule has 0 amide bonds. The molecule has 2 rings (SSSR count). The molecule has 1 saturated heterocycles. The maximum atomic E-state index is 5.82. The number of ether oxygens (including phenoxy) is 2. The Labute approximate surface area is 145 Å². The lowest BCUT2D eigenvalue weighted by Crippen LogP contribution is -2.68. The van der Waals surface area contributed by atoms with E-state index in [0.29, 0.717) is 18.1 Å².